The summed E-state index contributed by atoms with van der Waals surface area (Å²) in [6.07, 6.45) is 1.79. The third-order valence-electron chi connectivity index (χ3n) is 1.28. The maximum atomic E-state index is 5.56. The van der Waals surface area contributed by atoms with Crippen LogP contribution in [-0.2, 0) is 6.54 Å². The van der Waals surface area contributed by atoms with Crippen LogP contribution in [0.5, 0.6) is 0 Å². The van der Waals surface area contributed by atoms with Crippen molar-refractivity contribution < 1.29 is 0 Å². The summed E-state index contributed by atoms with van der Waals surface area (Å²) in [7, 11) is 0. The molecule has 12 heavy (non-hydrogen) atoms. The third-order valence-corrected chi connectivity index (χ3v) is 1.48. The molecule has 0 unspecified atom stereocenters. The van der Waals surface area contributed by atoms with Gasteiger partial charge in [0.15, 0.2) is 5.15 Å². The summed E-state index contributed by atoms with van der Waals surface area (Å²) < 4.78 is 0. The van der Waals surface area contributed by atoms with Crippen molar-refractivity contribution >= 4 is 11.6 Å². The molecule has 0 fully saturated rings. The van der Waals surface area contributed by atoms with Gasteiger partial charge in [-0.05, 0) is 12.1 Å². The molecular weight excluding hydrogens is 174 g/mol. The molecule has 1 rings (SSSR count). The first-order valence-corrected chi connectivity index (χ1v) is 4.00. The van der Waals surface area contributed by atoms with Gasteiger partial charge >= 0.3 is 0 Å². The van der Waals surface area contributed by atoms with Crippen LogP contribution in [0.1, 0.15) is 5.69 Å². The average molecular weight is 184 g/mol. The van der Waals surface area contributed by atoms with Crippen molar-refractivity contribution in [1.29, 1.82) is 0 Å². The predicted octanol–water partition coefficient (Wildman–Crippen LogP) is 1.41. The van der Waals surface area contributed by atoms with E-state index in [9.17, 15) is 0 Å². The second-order valence-electron chi connectivity index (χ2n) is 2.27. The highest BCUT2D eigenvalue weighted by Crippen LogP contribution is 2.01. The van der Waals surface area contributed by atoms with Gasteiger partial charge < -0.3 is 5.32 Å². The Morgan fingerprint density at radius 3 is 2.92 bits per heavy atom. The second kappa shape index (κ2) is 4.85. The molecule has 1 aromatic heterocycles. The van der Waals surface area contributed by atoms with Crippen LogP contribution in [0.2, 0.25) is 5.15 Å². The SMILES string of the molecule is C=CCNCc1ccc(Cl)nn1. The Balaban J connectivity index is 2.42. The molecule has 4 heteroatoms. The van der Waals surface area contributed by atoms with E-state index in [0.717, 1.165) is 12.2 Å². The van der Waals surface area contributed by atoms with Crippen molar-refractivity contribution in [2.24, 2.45) is 0 Å². The summed E-state index contributed by atoms with van der Waals surface area (Å²) in [5.74, 6) is 0. The van der Waals surface area contributed by atoms with Crippen molar-refractivity contribution in [1.82, 2.24) is 15.5 Å². The molecule has 3 nitrogen and oxygen atoms in total. The number of hydrogen-bond acceptors (Lipinski definition) is 3. The zero-order valence-electron chi connectivity index (χ0n) is 6.63. The number of rotatable bonds is 4. The van der Waals surface area contributed by atoms with Crippen molar-refractivity contribution in [3.63, 3.8) is 0 Å². The van der Waals surface area contributed by atoms with Crippen LogP contribution >= 0.6 is 11.6 Å². The molecule has 0 aromatic carbocycles. The van der Waals surface area contributed by atoms with E-state index in [0.29, 0.717) is 11.7 Å². The molecule has 0 saturated carbocycles. The molecule has 0 spiro atoms. The van der Waals surface area contributed by atoms with E-state index in [4.69, 9.17) is 11.6 Å². The fourth-order valence-electron chi connectivity index (χ4n) is 0.740. The quantitative estimate of drug-likeness (QED) is 0.567. The van der Waals surface area contributed by atoms with Crippen LogP contribution in [-0.4, -0.2) is 16.7 Å². The number of halogens is 1. The molecule has 1 aromatic rings. The van der Waals surface area contributed by atoms with Gasteiger partial charge in [0, 0.05) is 13.1 Å². The van der Waals surface area contributed by atoms with Crippen molar-refractivity contribution in [3.05, 3.63) is 35.6 Å². The molecule has 0 amide bonds. The lowest BCUT2D eigenvalue weighted by Crippen LogP contribution is -2.13. The molecule has 64 valence electrons. The van der Waals surface area contributed by atoms with E-state index in [1.54, 1.807) is 12.1 Å². The summed E-state index contributed by atoms with van der Waals surface area (Å²) in [5, 5.41) is 11.1. The predicted molar refractivity (Wildman–Crippen MR) is 48.9 cm³/mol. The number of nitrogens with one attached hydrogen (secondary N) is 1. The number of nitrogens with zero attached hydrogens (tertiary/aromatic N) is 2. The molecule has 0 aliphatic carbocycles. The normalized spacial score (nSPS) is 9.75. The Labute approximate surface area is 76.5 Å². The monoisotopic (exact) mass is 183 g/mol. The topological polar surface area (TPSA) is 37.8 Å². The van der Waals surface area contributed by atoms with E-state index in [2.05, 4.69) is 22.1 Å². The van der Waals surface area contributed by atoms with Gasteiger partial charge in [0.2, 0.25) is 0 Å². The second-order valence-corrected chi connectivity index (χ2v) is 2.65. The Bertz CT molecular complexity index is 245. The first kappa shape index (κ1) is 9.16. The molecule has 0 aliphatic rings. The smallest absolute Gasteiger partial charge is 0.151 e. The molecule has 0 radical (unpaired) electrons. The lowest BCUT2D eigenvalue weighted by molar-refractivity contribution is 0.725. The lowest BCUT2D eigenvalue weighted by atomic mass is 10.4. The molecule has 0 atom stereocenters. The van der Waals surface area contributed by atoms with Gasteiger partial charge in [0.1, 0.15) is 0 Å². The average Bonchev–Trinajstić information content (AvgIpc) is 2.09. The van der Waals surface area contributed by atoms with Crippen molar-refractivity contribution in [3.8, 4) is 0 Å². The Hall–Kier alpha value is -0.930. The maximum absolute atomic E-state index is 5.56. The summed E-state index contributed by atoms with van der Waals surface area (Å²) >= 11 is 5.56. The Morgan fingerprint density at radius 1 is 1.50 bits per heavy atom. The van der Waals surface area contributed by atoms with E-state index >= 15 is 0 Å². The maximum Gasteiger partial charge on any atom is 0.151 e. The van der Waals surface area contributed by atoms with E-state index in [-0.39, 0.29) is 0 Å². The fourth-order valence-corrected chi connectivity index (χ4v) is 0.841. The van der Waals surface area contributed by atoms with Gasteiger partial charge in [-0.25, -0.2) is 0 Å². The van der Waals surface area contributed by atoms with Gasteiger partial charge in [0.25, 0.3) is 0 Å². The number of hydrogen-bond donors (Lipinski definition) is 1. The minimum atomic E-state index is 0.419. The highest BCUT2D eigenvalue weighted by atomic mass is 35.5. The van der Waals surface area contributed by atoms with E-state index < -0.39 is 0 Å². The van der Waals surface area contributed by atoms with Crippen molar-refractivity contribution in [2.75, 3.05) is 6.54 Å². The van der Waals surface area contributed by atoms with Crippen LogP contribution in [0.4, 0.5) is 0 Å². The van der Waals surface area contributed by atoms with Gasteiger partial charge in [-0.15, -0.1) is 11.7 Å². The van der Waals surface area contributed by atoms with E-state index in [1.165, 1.54) is 0 Å². The Kier molecular flexibility index (Phi) is 3.70. The van der Waals surface area contributed by atoms with Crippen LogP contribution in [0, 0.1) is 0 Å². The lowest BCUT2D eigenvalue weighted by Gasteiger charge is -1.99. The third kappa shape index (κ3) is 2.98. The summed E-state index contributed by atoms with van der Waals surface area (Å²) in [6, 6.07) is 3.56. The van der Waals surface area contributed by atoms with Gasteiger partial charge in [0.05, 0.1) is 5.69 Å². The van der Waals surface area contributed by atoms with Crippen LogP contribution in [0.15, 0.2) is 24.8 Å². The zero-order chi connectivity index (χ0) is 8.81. The summed E-state index contributed by atoms with van der Waals surface area (Å²) in [4.78, 5) is 0. The molecule has 0 bridgehead atoms. The van der Waals surface area contributed by atoms with Crippen LogP contribution in [0.3, 0.4) is 0 Å². The highest BCUT2D eigenvalue weighted by Gasteiger charge is 1.93. The van der Waals surface area contributed by atoms with Crippen LogP contribution in [0.25, 0.3) is 0 Å². The molecule has 1 heterocycles. The highest BCUT2D eigenvalue weighted by molar-refractivity contribution is 6.29. The molecule has 0 saturated heterocycles. The summed E-state index contributed by atoms with van der Waals surface area (Å²) in [5.41, 5.74) is 0.876. The first-order valence-electron chi connectivity index (χ1n) is 3.62. The zero-order valence-corrected chi connectivity index (χ0v) is 7.38. The minimum Gasteiger partial charge on any atom is -0.308 e. The van der Waals surface area contributed by atoms with E-state index in [1.807, 2.05) is 6.07 Å². The first-order chi connectivity index (χ1) is 5.83. The molecule has 1 N–H and O–H groups in total. The van der Waals surface area contributed by atoms with Crippen LogP contribution < -0.4 is 5.32 Å². The molecule has 0 aliphatic heterocycles. The molecular formula is C8H10ClN3. The minimum absolute atomic E-state index is 0.419. The largest absolute Gasteiger partial charge is 0.308 e. The fraction of sp³-hybridized carbons (Fsp3) is 0.250. The van der Waals surface area contributed by atoms with Crippen molar-refractivity contribution in [2.45, 2.75) is 6.54 Å². The van der Waals surface area contributed by atoms with Gasteiger partial charge in [-0.3, -0.25) is 0 Å². The van der Waals surface area contributed by atoms with Gasteiger partial charge in [-0.2, -0.15) is 5.10 Å². The standard InChI is InChI=1S/C8H10ClN3/c1-2-5-10-6-7-3-4-8(9)12-11-7/h2-4,10H,1,5-6H2. The van der Waals surface area contributed by atoms with Gasteiger partial charge in [-0.1, -0.05) is 17.7 Å². The number of aromatic nitrogens is 2. The Morgan fingerprint density at radius 2 is 2.33 bits per heavy atom. The summed E-state index contributed by atoms with van der Waals surface area (Å²) in [6.45, 7) is 5.05.